The van der Waals surface area contributed by atoms with Gasteiger partial charge in [-0.3, -0.25) is 4.57 Å². The molecular weight excluding hydrogens is 273 g/mol. The van der Waals surface area contributed by atoms with Crippen LogP contribution in [0.4, 0.5) is 0 Å². The van der Waals surface area contributed by atoms with E-state index in [1.54, 1.807) is 0 Å². The summed E-state index contributed by atoms with van der Waals surface area (Å²) in [6.45, 7) is 8.65. The van der Waals surface area contributed by atoms with E-state index in [0.717, 1.165) is 32.1 Å². The average molecular weight is 307 g/mol. The maximum atomic E-state index is 11.0. The number of rotatable bonds is 7. The van der Waals surface area contributed by atoms with Crippen LogP contribution in [0.5, 0.6) is 0 Å². The van der Waals surface area contributed by atoms with Crippen molar-refractivity contribution in [2.45, 2.75) is 72.1 Å². The van der Waals surface area contributed by atoms with E-state index in [0.29, 0.717) is 0 Å². The fraction of sp³-hybridized carbons (Fsp3) is 1.00. The molecule has 4 nitrogen and oxygen atoms in total. The molecule has 0 radical (unpaired) electrons. The standard InChI is InChI=1S/C10H23O3P.C5H11N/c1-4-7-8-10(5-2,6-3)9-14(11,12)13;1-2-4-6-5-3-1/h4-9H2,1-3H3,(H2,11,12,13);6H,1-5H2. The van der Waals surface area contributed by atoms with Crippen molar-refractivity contribution in [2.75, 3.05) is 19.3 Å². The van der Waals surface area contributed by atoms with Gasteiger partial charge in [-0.1, -0.05) is 40.0 Å². The molecule has 0 saturated carbocycles. The maximum Gasteiger partial charge on any atom is 0.326 e. The lowest BCUT2D eigenvalue weighted by molar-refractivity contribution is 0.245. The van der Waals surface area contributed by atoms with Crippen molar-refractivity contribution < 1.29 is 14.4 Å². The molecular formula is C15H34NO3P. The molecule has 0 amide bonds. The lowest BCUT2D eigenvalue weighted by Gasteiger charge is -2.31. The third-order valence-electron chi connectivity index (χ3n) is 4.31. The summed E-state index contributed by atoms with van der Waals surface area (Å²) in [5.74, 6) is 0. The van der Waals surface area contributed by atoms with Gasteiger partial charge in [0.1, 0.15) is 0 Å². The van der Waals surface area contributed by atoms with Crippen LogP contribution in [0, 0.1) is 5.41 Å². The topological polar surface area (TPSA) is 69.6 Å². The number of hydrogen-bond donors (Lipinski definition) is 3. The van der Waals surface area contributed by atoms with Crippen LogP contribution in [0.2, 0.25) is 0 Å². The van der Waals surface area contributed by atoms with Gasteiger partial charge >= 0.3 is 7.60 Å². The summed E-state index contributed by atoms with van der Waals surface area (Å²) in [6.07, 6.45) is 9.05. The molecule has 0 spiro atoms. The Kier molecular flexibility index (Phi) is 10.8. The Hall–Kier alpha value is 0.110. The Bertz CT molecular complexity index is 259. The van der Waals surface area contributed by atoms with Gasteiger partial charge in [0.15, 0.2) is 0 Å². The summed E-state index contributed by atoms with van der Waals surface area (Å²) >= 11 is 0. The molecule has 0 aromatic carbocycles. The van der Waals surface area contributed by atoms with Crippen molar-refractivity contribution in [1.82, 2.24) is 5.32 Å². The summed E-state index contributed by atoms with van der Waals surface area (Å²) in [5, 5.41) is 3.28. The zero-order valence-electron chi connectivity index (χ0n) is 13.5. The van der Waals surface area contributed by atoms with E-state index in [-0.39, 0.29) is 11.6 Å². The van der Waals surface area contributed by atoms with E-state index in [9.17, 15) is 4.57 Å². The number of unbranched alkanes of at least 4 members (excludes halogenated alkanes) is 1. The molecule has 1 rings (SSSR count). The predicted octanol–water partition coefficient (Wildman–Crippen LogP) is 3.92. The normalized spacial score (nSPS) is 16.4. The Balaban J connectivity index is 0.000000493. The third-order valence-corrected chi connectivity index (χ3v) is 5.39. The van der Waals surface area contributed by atoms with Crippen molar-refractivity contribution in [3.8, 4) is 0 Å². The van der Waals surface area contributed by atoms with E-state index in [1.165, 1.54) is 32.4 Å². The van der Waals surface area contributed by atoms with Crippen LogP contribution in [-0.4, -0.2) is 29.0 Å². The van der Waals surface area contributed by atoms with E-state index in [1.807, 2.05) is 13.8 Å². The number of nitrogens with one attached hydrogen (secondary N) is 1. The quantitative estimate of drug-likeness (QED) is 0.623. The van der Waals surface area contributed by atoms with Crippen LogP contribution in [0.3, 0.4) is 0 Å². The first-order valence-corrected chi connectivity index (χ1v) is 9.94. The second-order valence-corrected chi connectivity index (χ2v) is 7.59. The van der Waals surface area contributed by atoms with Crippen molar-refractivity contribution in [3.63, 3.8) is 0 Å². The molecule has 1 saturated heterocycles. The van der Waals surface area contributed by atoms with E-state index < -0.39 is 7.60 Å². The molecule has 0 aromatic heterocycles. The van der Waals surface area contributed by atoms with Crippen LogP contribution in [0.15, 0.2) is 0 Å². The van der Waals surface area contributed by atoms with Crippen LogP contribution in [0.1, 0.15) is 72.1 Å². The fourth-order valence-electron chi connectivity index (χ4n) is 2.70. The van der Waals surface area contributed by atoms with Gasteiger partial charge in [-0.25, -0.2) is 0 Å². The highest BCUT2D eigenvalue weighted by Gasteiger charge is 2.33. The molecule has 0 unspecified atom stereocenters. The van der Waals surface area contributed by atoms with Crippen LogP contribution in [-0.2, 0) is 4.57 Å². The average Bonchev–Trinajstić information content (AvgIpc) is 2.45. The minimum atomic E-state index is -3.86. The van der Waals surface area contributed by atoms with Gasteiger partial charge in [-0.05, 0) is 50.6 Å². The minimum Gasteiger partial charge on any atom is -0.324 e. The van der Waals surface area contributed by atoms with E-state index in [4.69, 9.17) is 9.79 Å². The Morgan fingerprint density at radius 1 is 1.05 bits per heavy atom. The first-order chi connectivity index (χ1) is 9.39. The molecule has 20 heavy (non-hydrogen) atoms. The Morgan fingerprint density at radius 3 is 1.85 bits per heavy atom. The van der Waals surface area contributed by atoms with Gasteiger partial charge in [0.25, 0.3) is 0 Å². The Morgan fingerprint density at radius 2 is 1.60 bits per heavy atom. The molecule has 0 bridgehead atoms. The minimum absolute atomic E-state index is 0.0486. The molecule has 122 valence electrons. The van der Waals surface area contributed by atoms with Gasteiger partial charge in [0.05, 0.1) is 6.16 Å². The summed E-state index contributed by atoms with van der Waals surface area (Å²) in [7, 11) is -3.86. The smallest absolute Gasteiger partial charge is 0.324 e. The zero-order chi connectivity index (χ0) is 15.5. The monoisotopic (exact) mass is 307 g/mol. The van der Waals surface area contributed by atoms with Gasteiger partial charge in [-0.15, -0.1) is 0 Å². The molecule has 1 heterocycles. The molecule has 0 atom stereocenters. The van der Waals surface area contributed by atoms with Crippen LogP contribution >= 0.6 is 7.60 Å². The lowest BCUT2D eigenvalue weighted by Crippen LogP contribution is -2.23. The van der Waals surface area contributed by atoms with Crippen molar-refractivity contribution in [1.29, 1.82) is 0 Å². The molecule has 0 aliphatic carbocycles. The number of piperidine rings is 1. The van der Waals surface area contributed by atoms with Crippen molar-refractivity contribution in [2.24, 2.45) is 5.41 Å². The second-order valence-electron chi connectivity index (χ2n) is 5.94. The zero-order valence-corrected chi connectivity index (χ0v) is 14.4. The molecule has 5 heteroatoms. The fourth-order valence-corrected chi connectivity index (χ4v) is 4.18. The van der Waals surface area contributed by atoms with Crippen molar-refractivity contribution in [3.05, 3.63) is 0 Å². The van der Waals surface area contributed by atoms with Gasteiger partial charge < -0.3 is 15.1 Å². The van der Waals surface area contributed by atoms with Crippen LogP contribution in [0.25, 0.3) is 0 Å². The van der Waals surface area contributed by atoms with Crippen LogP contribution < -0.4 is 5.32 Å². The van der Waals surface area contributed by atoms with Gasteiger partial charge in [0.2, 0.25) is 0 Å². The predicted molar refractivity (Wildman–Crippen MR) is 86.2 cm³/mol. The highest BCUT2D eigenvalue weighted by atomic mass is 31.2. The molecule has 1 aliphatic rings. The molecule has 0 aromatic rings. The highest BCUT2D eigenvalue weighted by molar-refractivity contribution is 7.51. The molecule has 1 aliphatic heterocycles. The van der Waals surface area contributed by atoms with Gasteiger partial charge in [-0.2, -0.15) is 0 Å². The van der Waals surface area contributed by atoms with E-state index in [2.05, 4.69) is 12.2 Å². The Labute approximate surface area is 124 Å². The first-order valence-electron chi connectivity index (χ1n) is 8.14. The third kappa shape index (κ3) is 9.93. The lowest BCUT2D eigenvalue weighted by atomic mass is 9.80. The summed E-state index contributed by atoms with van der Waals surface area (Å²) < 4.78 is 11.0. The largest absolute Gasteiger partial charge is 0.326 e. The molecule has 3 N–H and O–H groups in total. The van der Waals surface area contributed by atoms with Gasteiger partial charge in [0, 0.05) is 0 Å². The summed E-state index contributed by atoms with van der Waals surface area (Å²) in [5.41, 5.74) is -0.144. The first kappa shape index (κ1) is 20.1. The maximum absolute atomic E-state index is 11.0. The van der Waals surface area contributed by atoms with E-state index >= 15 is 0 Å². The SMILES string of the molecule is C1CCNCC1.CCCCC(CC)(CC)CP(=O)(O)O. The highest BCUT2D eigenvalue weighted by Crippen LogP contribution is 2.47. The number of hydrogen-bond acceptors (Lipinski definition) is 2. The molecule has 1 fully saturated rings. The second kappa shape index (κ2) is 10.8. The summed E-state index contributed by atoms with van der Waals surface area (Å²) in [4.78, 5) is 18.1. The summed E-state index contributed by atoms with van der Waals surface area (Å²) in [6, 6.07) is 0. The van der Waals surface area contributed by atoms with Crippen molar-refractivity contribution >= 4 is 7.60 Å².